The molecule has 0 fully saturated rings. The Bertz CT molecular complexity index is 324. The molecule has 0 aliphatic rings. The molecule has 15 heavy (non-hydrogen) atoms. The van der Waals surface area contributed by atoms with Crippen LogP contribution in [0.15, 0.2) is 18.3 Å². The largest absolute Gasteiger partial charge is 0.363 e. The molecule has 1 aromatic heterocycles. The Kier molecular flexibility index (Phi) is 4.21. The van der Waals surface area contributed by atoms with Gasteiger partial charge in [-0.05, 0) is 18.6 Å². The number of aromatic nitrogens is 1. The molecule has 1 heterocycles. The second kappa shape index (κ2) is 5.44. The van der Waals surface area contributed by atoms with Crippen molar-refractivity contribution in [2.24, 2.45) is 5.92 Å². The third-order valence-electron chi connectivity index (χ3n) is 2.33. The van der Waals surface area contributed by atoms with Crippen LogP contribution in [0.3, 0.4) is 0 Å². The highest BCUT2D eigenvalue weighted by Gasteiger charge is 2.09. The lowest BCUT2D eigenvalue weighted by Gasteiger charge is -2.08. The van der Waals surface area contributed by atoms with E-state index in [-0.39, 0.29) is 24.1 Å². The lowest BCUT2D eigenvalue weighted by atomic mass is 10.0. The summed E-state index contributed by atoms with van der Waals surface area (Å²) in [5.74, 6) is 0.337. The number of carbonyl (C=O) groups is 1. The van der Waals surface area contributed by atoms with E-state index in [9.17, 15) is 9.18 Å². The molecule has 0 aliphatic heterocycles. The minimum absolute atomic E-state index is 0.0537. The van der Waals surface area contributed by atoms with E-state index in [1.165, 1.54) is 12.1 Å². The predicted octanol–water partition coefficient (Wildman–Crippen LogP) is 2.25. The van der Waals surface area contributed by atoms with Crippen molar-refractivity contribution in [1.82, 2.24) is 4.98 Å². The van der Waals surface area contributed by atoms with Crippen LogP contribution in [0.1, 0.15) is 20.3 Å². The van der Waals surface area contributed by atoms with Gasteiger partial charge in [-0.25, -0.2) is 9.37 Å². The molecule has 1 rings (SSSR count). The van der Waals surface area contributed by atoms with Gasteiger partial charge in [-0.3, -0.25) is 4.79 Å². The standard InChI is InChI=1S/C11H15FN2O/c1-3-8(2)10(15)7-14-11-5-4-9(12)6-13-11/h4-6,8H,3,7H2,1-2H3,(H,13,14)/t8-/m0/s1. The van der Waals surface area contributed by atoms with Gasteiger partial charge in [0.15, 0.2) is 5.78 Å². The second-order valence-electron chi connectivity index (χ2n) is 3.49. The average Bonchev–Trinajstić information content (AvgIpc) is 2.26. The first-order valence-electron chi connectivity index (χ1n) is 5.01. The maximum atomic E-state index is 12.5. The maximum Gasteiger partial charge on any atom is 0.154 e. The number of ketones is 1. The fourth-order valence-corrected chi connectivity index (χ4v) is 1.06. The molecule has 0 aliphatic carbocycles. The van der Waals surface area contributed by atoms with Gasteiger partial charge in [-0.1, -0.05) is 13.8 Å². The Morgan fingerprint density at radius 2 is 2.33 bits per heavy atom. The molecule has 0 unspecified atom stereocenters. The van der Waals surface area contributed by atoms with Crippen LogP contribution in [-0.2, 0) is 4.79 Å². The molecule has 0 spiro atoms. The Hall–Kier alpha value is -1.45. The van der Waals surface area contributed by atoms with Crippen molar-refractivity contribution in [3.05, 3.63) is 24.1 Å². The number of hydrogen-bond acceptors (Lipinski definition) is 3. The normalized spacial score (nSPS) is 12.2. The average molecular weight is 210 g/mol. The van der Waals surface area contributed by atoms with E-state index in [4.69, 9.17) is 0 Å². The van der Waals surface area contributed by atoms with Crippen LogP contribution in [0.4, 0.5) is 10.2 Å². The lowest BCUT2D eigenvalue weighted by molar-refractivity contribution is -0.120. The highest BCUT2D eigenvalue weighted by molar-refractivity contribution is 5.84. The van der Waals surface area contributed by atoms with Crippen LogP contribution >= 0.6 is 0 Å². The van der Waals surface area contributed by atoms with Gasteiger partial charge in [0.1, 0.15) is 11.6 Å². The fraction of sp³-hybridized carbons (Fsp3) is 0.455. The van der Waals surface area contributed by atoms with Crippen molar-refractivity contribution in [2.75, 3.05) is 11.9 Å². The smallest absolute Gasteiger partial charge is 0.154 e. The Balaban J connectivity index is 2.43. The summed E-state index contributed by atoms with van der Waals surface area (Å²) >= 11 is 0. The SMILES string of the molecule is CC[C@H](C)C(=O)CNc1ccc(F)cn1. The van der Waals surface area contributed by atoms with Crippen LogP contribution in [-0.4, -0.2) is 17.3 Å². The van der Waals surface area contributed by atoms with E-state index in [1.807, 2.05) is 13.8 Å². The molecule has 1 aromatic rings. The zero-order valence-electron chi connectivity index (χ0n) is 8.96. The molecule has 0 radical (unpaired) electrons. The first-order chi connectivity index (χ1) is 7.13. The molecular formula is C11H15FN2O. The lowest BCUT2D eigenvalue weighted by Crippen LogP contribution is -2.20. The quantitative estimate of drug-likeness (QED) is 0.810. The maximum absolute atomic E-state index is 12.5. The Labute approximate surface area is 88.7 Å². The molecule has 4 heteroatoms. The number of hydrogen-bond donors (Lipinski definition) is 1. The predicted molar refractivity (Wildman–Crippen MR) is 57.1 cm³/mol. The summed E-state index contributed by atoms with van der Waals surface area (Å²) in [5.41, 5.74) is 0. The zero-order chi connectivity index (χ0) is 11.3. The van der Waals surface area contributed by atoms with Gasteiger partial charge in [-0.2, -0.15) is 0 Å². The van der Waals surface area contributed by atoms with Crippen LogP contribution in [0, 0.1) is 11.7 Å². The summed E-state index contributed by atoms with van der Waals surface area (Å²) in [5, 5.41) is 2.86. The minimum Gasteiger partial charge on any atom is -0.363 e. The monoisotopic (exact) mass is 210 g/mol. The number of nitrogens with one attached hydrogen (secondary N) is 1. The van der Waals surface area contributed by atoms with Crippen molar-refractivity contribution in [3.63, 3.8) is 0 Å². The molecule has 1 N–H and O–H groups in total. The summed E-state index contributed by atoms with van der Waals surface area (Å²) in [6.07, 6.45) is 1.95. The molecule has 0 aromatic carbocycles. The molecule has 0 amide bonds. The van der Waals surface area contributed by atoms with Crippen molar-refractivity contribution < 1.29 is 9.18 Å². The van der Waals surface area contributed by atoms with Gasteiger partial charge in [0, 0.05) is 5.92 Å². The number of Topliss-reactive ketones (excluding diaryl/α,β-unsaturated/α-hetero) is 1. The summed E-state index contributed by atoms with van der Waals surface area (Å²) in [6.45, 7) is 4.11. The van der Waals surface area contributed by atoms with E-state index in [0.717, 1.165) is 12.6 Å². The number of pyridine rings is 1. The molecular weight excluding hydrogens is 195 g/mol. The van der Waals surface area contributed by atoms with E-state index >= 15 is 0 Å². The van der Waals surface area contributed by atoms with E-state index in [2.05, 4.69) is 10.3 Å². The van der Waals surface area contributed by atoms with Gasteiger partial charge in [0.2, 0.25) is 0 Å². The first-order valence-corrected chi connectivity index (χ1v) is 5.01. The zero-order valence-corrected chi connectivity index (χ0v) is 8.96. The third kappa shape index (κ3) is 3.65. The van der Waals surface area contributed by atoms with Gasteiger partial charge in [0.25, 0.3) is 0 Å². The third-order valence-corrected chi connectivity index (χ3v) is 2.33. The molecule has 82 valence electrons. The minimum atomic E-state index is -0.381. The second-order valence-corrected chi connectivity index (χ2v) is 3.49. The van der Waals surface area contributed by atoms with Gasteiger partial charge < -0.3 is 5.32 Å². The van der Waals surface area contributed by atoms with Crippen molar-refractivity contribution in [3.8, 4) is 0 Å². The topological polar surface area (TPSA) is 42.0 Å². The summed E-state index contributed by atoms with van der Waals surface area (Å²) < 4.78 is 12.5. The molecule has 0 saturated heterocycles. The number of halogens is 1. The fourth-order valence-electron chi connectivity index (χ4n) is 1.06. The van der Waals surface area contributed by atoms with Crippen molar-refractivity contribution in [2.45, 2.75) is 20.3 Å². The van der Waals surface area contributed by atoms with E-state index < -0.39 is 0 Å². The van der Waals surface area contributed by atoms with E-state index in [1.54, 1.807) is 0 Å². The van der Waals surface area contributed by atoms with E-state index in [0.29, 0.717) is 5.82 Å². The Morgan fingerprint density at radius 3 is 2.87 bits per heavy atom. The van der Waals surface area contributed by atoms with Gasteiger partial charge in [-0.15, -0.1) is 0 Å². The van der Waals surface area contributed by atoms with Crippen molar-refractivity contribution in [1.29, 1.82) is 0 Å². The summed E-state index contributed by atoms with van der Waals surface area (Å²) in [6, 6.07) is 2.82. The molecule has 0 bridgehead atoms. The molecule has 3 nitrogen and oxygen atoms in total. The number of carbonyl (C=O) groups excluding carboxylic acids is 1. The highest BCUT2D eigenvalue weighted by atomic mass is 19.1. The number of nitrogens with zero attached hydrogens (tertiary/aromatic N) is 1. The summed E-state index contributed by atoms with van der Waals surface area (Å²) in [7, 11) is 0. The van der Waals surface area contributed by atoms with Gasteiger partial charge in [0.05, 0.1) is 12.7 Å². The highest BCUT2D eigenvalue weighted by Crippen LogP contribution is 2.05. The van der Waals surface area contributed by atoms with Crippen molar-refractivity contribution >= 4 is 11.6 Å². The number of rotatable bonds is 5. The molecule has 0 saturated carbocycles. The van der Waals surface area contributed by atoms with Crippen LogP contribution < -0.4 is 5.32 Å². The van der Waals surface area contributed by atoms with Gasteiger partial charge >= 0.3 is 0 Å². The molecule has 1 atom stereocenters. The first kappa shape index (κ1) is 11.6. The van der Waals surface area contributed by atoms with Crippen LogP contribution in [0.2, 0.25) is 0 Å². The Morgan fingerprint density at radius 1 is 1.60 bits per heavy atom. The summed E-state index contributed by atoms with van der Waals surface area (Å²) in [4.78, 5) is 15.2. The van der Waals surface area contributed by atoms with Crippen LogP contribution in [0.5, 0.6) is 0 Å². The van der Waals surface area contributed by atoms with Crippen LogP contribution in [0.25, 0.3) is 0 Å². The number of anilines is 1.